The maximum atomic E-state index is 5.73. The molecule has 0 amide bonds. The van der Waals surface area contributed by atoms with Gasteiger partial charge in [-0.2, -0.15) is 0 Å². The first-order chi connectivity index (χ1) is 5.65. The van der Waals surface area contributed by atoms with Crippen molar-refractivity contribution in [3.8, 4) is 0 Å². The number of allylic oxidation sites excluding steroid dienone is 3. The molecule has 1 heterocycles. The number of hydrogen-bond donors (Lipinski definition) is 0. The molecule has 0 saturated carbocycles. The number of rotatable bonds is 1. The van der Waals surface area contributed by atoms with Crippen molar-refractivity contribution in [3.05, 3.63) is 36.4 Å². The summed E-state index contributed by atoms with van der Waals surface area (Å²) < 4.78 is 0. The Kier molecular flexibility index (Phi) is 2.71. The third kappa shape index (κ3) is 1.77. The Balaban J connectivity index is 2.96. The van der Waals surface area contributed by atoms with Gasteiger partial charge in [-0.1, -0.05) is 18.2 Å². The molecular formula is C9H11ClN2. The Morgan fingerprint density at radius 2 is 2.42 bits per heavy atom. The molecule has 2 nitrogen and oxygen atoms in total. The van der Waals surface area contributed by atoms with Crippen LogP contribution in [0.3, 0.4) is 0 Å². The van der Waals surface area contributed by atoms with E-state index in [1.807, 2.05) is 31.0 Å². The lowest BCUT2D eigenvalue weighted by Crippen LogP contribution is -2.16. The summed E-state index contributed by atoms with van der Waals surface area (Å²) in [6.07, 6.45) is 5.48. The molecule has 1 aliphatic heterocycles. The Morgan fingerprint density at radius 1 is 1.75 bits per heavy atom. The van der Waals surface area contributed by atoms with E-state index in [1.54, 1.807) is 6.08 Å². The molecular weight excluding hydrogens is 172 g/mol. The molecule has 0 aromatic heterocycles. The topological polar surface area (TPSA) is 15.6 Å². The van der Waals surface area contributed by atoms with Gasteiger partial charge in [0, 0.05) is 11.9 Å². The fraction of sp³-hybridized carbons (Fsp3) is 0.222. The summed E-state index contributed by atoms with van der Waals surface area (Å²) in [6.45, 7) is 7.66. The Bertz CT molecular complexity index is 287. The van der Waals surface area contributed by atoms with E-state index >= 15 is 0 Å². The smallest absolute Gasteiger partial charge is 0.134 e. The Morgan fingerprint density at radius 3 is 2.92 bits per heavy atom. The molecule has 1 rings (SSSR count). The van der Waals surface area contributed by atoms with Gasteiger partial charge in [-0.25, -0.2) is 4.99 Å². The zero-order valence-electron chi connectivity index (χ0n) is 7.21. The highest BCUT2D eigenvalue weighted by Gasteiger charge is 2.09. The molecule has 3 heteroatoms. The van der Waals surface area contributed by atoms with Gasteiger partial charge in [0.2, 0.25) is 0 Å². The second-order valence-corrected chi connectivity index (χ2v) is 2.89. The van der Waals surface area contributed by atoms with Crippen molar-refractivity contribution in [2.24, 2.45) is 4.99 Å². The predicted octanol–water partition coefficient (Wildman–Crippen LogP) is 2.85. The van der Waals surface area contributed by atoms with Gasteiger partial charge in [0.05, 0.1) is 0 Å². The molecule has 0 atom stereocenters. The van der Waals surface area contributed by atoms with Crippen LogP contribution in [0.2, 0.25) is 0 Å². The van der Waals surface area contributed by atoms with Crippen molar-refractivity contribution in [1.82, 2.24) is 4.90 Å². The highest BCUT2D eigenvalue weighted by atomic mass is 35.5. The molecule has 0 aromatic carbocycles. The summed E-state index contributed by atoms with van der Waals surface area (Å²) in [5.74, 6) is 0.815. The van der Waals surface area contributed by atoms with Crippen molar-refractivity contribution in [2.45, 2.75) is 13.8 Å². The van der Waals surface area contributed by atoms with E-state index in [1.165, 1.54) is 0 Å². The first kappa shape index (κ1) is 9.07. The lowest BCUT2D eigenvalue weighted by Gasteiger charge is -2.22. The number of halogens is 1. The molecule has 0 radical (unpaired) electrons. The van der Waals surface area contributed by atoms with Crippen LogP contribution in [-0.4, -0.2) is 10.1 Å². The van der Waals surface area contributed by atoms with Crippen LogP contribution < -0.4 is 0 Å². The quantitative estimate of drug-likeness (QED) is 0.609. The first-order valence-corrected chi connectivity index (χ1v) is 4.06. The van der Waals surface area contributed by atoms with E-state index in [2.05, 4.69) is 11.6 Å². The van der Waals surface area contributed by atoms with Gasteiger partial charge in [-0.15, -0.1) is 0 Å². The predicted molar refractivity (Wildman–Crippen MR) is 52.8 cm³/mol. The van der Waals surface area contributed by atoms with Crippen LogP contribution >= 0.6 is 11.6 Å². The van der Waals surface area contributed by atoms with Crippen molar-refractivity contribution < 1.29 is 0 Å². The molecule has 0 aromatic rings. The molecule has 0 N–H and O–H groups in total. The number of hydrogen-bond acceptors (Lipinski definition) is 2. The average Bonchev–Trinajstić information content (AvgIpc) is 2.03. The van der Waals surface area contributed by atoms with Crippen LogP contribution in [-0.2, 0) is 0 Å². The lowest BCUT2D eigenvalue weighted by atomic mass is 10.4. The van der Waals surface area contributed by atoms with Crippen molar-refractivity contribution in [2.75, 3.05) is 0 Å². The number of aliphatic imine (C=N–C) groups is 1. The van der Waals surface area contributed by atoms with Gasteiger partial charge < -0.3 is 4.90 Å². The Hall–Kier alpha value is -1.02. The van der Waals surface area contributed by atoms with Gasteiger partial charge in [-0.3, -0.25) is 0 Å². The van der Waals surface area contributed by atoms with Crippen LogP contribution in [0.15, 0.2) is 41.4 Å². The molecule has 0 spiro atoms. The van der Waals surface area contributed by atoms with Gasteiger partial charge >= 0.3 is 0 Å². The van der Waals surface area contributed by atoms with E-state index < -0.39 is 0 Å². The van der Waals surface area contributed by atoms with Gasteiger partial charge in [0.1, 0.15) is 11.0 Å². The van der Waals surface area contributed by atoms with Crippen LogP contribution in [0.25, 0.3) is 0 Å². The minimum Gasteiger partial charge on any atom is -0.307 e. The van der Waals surface area contributed by atoms with E-state index in [9.17, 15) is 0 Å². The van der Waals surface area contributed by atoms with Gasteiger partial charge in [0.25, 0.3) is 0 Å². The second-order valence-electron chi connectivity index (χ2n) is 2.50. The summed E-state index contributed by atoms with van der Waals surface area (Å²) in [5.41, 5.74) is 0.923. The SMILES string of the molecule is C=C(C)N1C=CC(Cl)=N/C1=C/C. The maximum Gasteiger partial charge on any atom is 0.134 e. The molecule has 0 unspecified atom stereocenters. The van der Waals surface area contributed by atoms with Crippen molar-refractivity contribution in [1.29, 1.82) is 0 Å². The number of nitrogens with zero attached hydrogens (tertiary/aromatic N) is 2. The van der Waals surface area contributed by atoms with Crippen molar-refractivity contribution >= 4 is 16.8 Å². The highest BCUT2D eigenvalue weighted by Crippen LogP contribution is 2.18. The third-order valence-corrected chi connectivity index (χ3v) is 1.71. The zero-order valence-corrected chi connectivity index (χ0v) is 7.97. The summed E-state index contributed by atoms with van der Waals surface area (Å²) >= 11 is 5.73. The summed E-state index contributed by atoms with van der Waals surface area (Å²) in [4.78, 5) is 6.01. The highest BCUT2D eigenvalue weighted by molar-refractivity contribution is 6.68. The van der Waals surface area contributed by atoms with E-state index in [0.717, 1.165) is 11.5 Å². The van der Waals surface area contributed by atoms with Gasteiger partial charge in [-0.05, 0) is 26.0 Å². The molecule has 1 aliphatic rings. The molecule has 0 fully saturated rings. The van der Waals surface area contributed by atoms with E-state index in [0.29, 0.717) is 5.17 Å². The minimum atomic E-state index is 0.501. The molecule has 0 bridgehead atoms. The van der Waals surface area contributed by atoms with Crippen LogP contribution in [0, 0.1) is 0 Å². The summed E-state index contributed by atoms with van der Waals surface area (Å²) in [5, 5.41) is 0.501. The third-order valence-electron chi connectivity index (χ3n) is 1.50. The molecule has 64 valence electrons. The first-order valence-electron chi connectivity index (χ1n) is 3.68. The van der Waals surface area contributed by atoms with E-state index in [-0.39, 0.29) is 0 Å². The Labute approximate surface area is 77.5 Å². The van der Waals surface area contributed by atoms with Crippen LogP contribution in [0.1, 0.15) is 13.8 Å². The minimum absolute atomic E-state index is 0.501. The lowest BCUT2D eigenvalue weighted by molar-refractivity contribution is 0.566. The van der Waals surface area contributed by atoms with Gasteiger partial charge in [0.15, 0.2) is 0 Å². The standard InChI is InChI=1S/C9H11ClN2/c1-4-9-11-8(10)5-6-12(9)7(2)3/h4-6H,2H2,1,3H3/b9-4-. The largest absolute Gasteiger partial charge is 0.307 e. The molecule has 0 aliphatic carbocycles. The summed E-state index contributed by atoms with van der Waals surface area (Å²) in [7, 11) is 0. The monoisotopic (exact) mass is 182 g/mol. The zero-order chi connectivity index (χ0) is 9.14. The summed E-state index contributed by atoms with van der Waals surface area (Å²) in [6, 6.07) is 0. The van der Waals surface area contributed by atoms with E-state index in [4.69, 9.17) is 11.6 Å². The van der Waals surface area contributed by atoms with Crippen LogP contribution in [0.4, 0.5) is 0 Å². The average molecular weight is 183 g/mol. The molecule has 0 saturated heterocycles. The fourth-order valence-electron chi connectivity index (χ4n) is 0.939. The fourth-order valence-corrected chi connectivity index (χ4v) is 1.08. The van der Waals surface area contributed by atoms with Crippen molar-refractivity contribution in [3.63, 3.8) is 0 Å². The normalized spacial score (nSPS) is 19.8. The maximum absolute atomic E-state index is 5.73. The molecule has 12 heavy (non-hydrogen) atoms. The van der Waals surface area contributed by atoms with Crippen LogP contribution in [0.5, 0.6) is 0 Å². The second kappa shape index (κ2) is 3.59.